The van der Waals surface area contributed by atoms with Crippen LogP contribution < -0.4 is 11.3 Å². The number of carbonyl (C=O) groups is 1. The van der Waals surface area contributed by atoms with E-state index in [4.69, 9.17) is 17.3 Å². The van der Waals surface area contributed by atoms with Crippen molar-refractivity contribution >= 4 is 34.2 Å². The molecule has 0 aliphatic carbocycles. The maximum atomic E-state index is 12.5. The van der Waals surface area contributed by atoms with Crippen LogP contribution in [-0.2, 0) is 7.05 Å². The quantitative estimate of drug-likeness (QED) is 0.708. The number of aromatic carboxylic acids is 1. The van der Waals surface area contributed by atoms with Crippen molar-refractivity contribution in [3.05, 3.63) is 63.4 Å². The van der Waals surface area contributed by atoms with Crippen LogP contribution in [0, 0.1) is 0 Å². The lowest BCUT2D eigenvalue weighted by Crippen LogP contribution is -2.26. The Morgan fingerprint density at radius 2 is 1.91 bits per heavy atom. The highest BCUT2D eigenvalue weighted by Gasteiger charge is 2.23. The lowest BCUT2D eigenvalue weighted by molar-refractivity contribution is 0.0695. The maximum Gasteiger partial charge on any atom is 0.342 e. The van der Waals surface area contributed by atoms with E-state index in [-0.39, 0.29) is 11.1 Å². The van der Waals surface area contributed by atoms with E-state index >= 15 is 0 Å². The molecule has 0 saturated heterocycles. The Labute approximate surface area is 136 Å². The summed E-state index contributed by atoms with van der Waals surface area (Å²) in [6, 6.07) is 11.8. The van der Waals surface area contributed by atoms with E-state index in [1.54, 1.807) is 42.5 Å². The summed E-state index contributed by atoms with van der Waals surface area (Å²) in [6.07, 6.45) is 0. The Kier molecular flexibility index (Phi) is 3.58. The van der Waals surface area contributed by atoms with Crippen LogP contribution in [0.5, 0.6) is 0 Å². The van der Waals surface area contributed by atoms with E-state index in [9.17, 15) is 14.7 Å². The Morgan fingerprint density at radius 3 is 2.57 bits per heavy atom. The molecule has 0 saturated carbocycles. The van der Waals surface area contributed by atoms with Crippen LogP contribution in [0.2, 0.25) is 5.02 Å². The lowest BCUT2D eigenvalue weighted by atomic mass is 9.94. The van der Waals surface area contributed by atoms with Gasteiger partial charge in [0, 0.05) is 34.3 Å². The highest BCUT2D eigenvalue weighted by molar-refractivity contribution is 6.31. The van der Waals surface area contributed by atoms with Gasteiger partial charge >= 0.3 is 5.97 Å². The maximum absolute atomic E-state index is 12.5. The number of carboxylic acids is 1. The van der Waals surface area contributed by atoms with Crippen LogP contribution in [0.3, 0.4) is 0 Å². The Bertz CT molecular complexity index is 1010. The highest BCUT2D eigenvalue weighted by atomic mass is 35.5. The monoisotopic (exact) mass is 328 g/mol. The highest BCUT2D eigenvalue weighted by Crippen LogP contribution is 2.35. The second-order valence-electron chi connectivity index (χ2n) is 5.17. The third-order valence-corrected chi connectivity index (χ3v) is 4.04. The van der Waals surface area contributed by atoms with Gasteiger partial charge in [0.05, 0.1) is 5.52 Å². The molecule has 3 N–H and O–H groups in total. The number of para-hydroxylation sites is 1. The van der Waals surface area contributed by atoms with Gasteiger partial charge in [0.25, 0.3) is 5.56 Å². The minimum absolute atomic E-state index is 0.288. The molecule has 5 nitrogen and oxygen atoms in total. The third-order valence-electron chi connectivity index (χ3n) is 3.80. The number of nitrogens with zero attached hydrogens (tertiary/aromatic N) is 1. The fraction of sp³-hybridized carbons (Fsp3) is 0.0588. The number of nitrogen functional groups attached to an aromatic ring is 1. The molecule has 0 fully saturated rings. The molecule has 0 spiro atoms. The molecule has 1 heterocycles. The minimum Gasteiger partial charge on any atom is -0.477 e. The molecule has 0 aliphatic rings. The molecule has 0 radical (unpaired) electrons. The molecule has 2 aromatic carbocycles. The average molecular weight is 329 g/mol. The zero-order valence-corrected chi connectivity index (χ0v) is 13.0. The number of pyridine rings is 1. The first-order chi connectivity index (χ1) is 10.9. The predicted octanol–water partition coefficient (Wildman–Crippen LogP) is 3.14. The van der Waals surface area contributed by atoms with Crippen molar-refractivity contribution in [2.75, 3.05) is 5.73 Å². The molecule has 3 aromatic rings. The summed E-state index contributed by atoms with van der Waals surface area (Å²) in [4.78, 5) is 24.2. The summed E-state index contributed by atoms with van der Waals surface area (Å²) < 4.78 is 1.30. The van der Waals surface area contributed by atoms with Gasteiger partial charge in [0.1, 0.15) is 5.56 Å². The molecule has 1 aromatic heterocycles. The Hall–Kier alpha value is -2.79. The predicted molar refractivity (Wildman–Crippen MR) is 91.0 cm³/mol. The normalized spacial score (nSPS) is 10.9. The molecular formula is C17H13ClN2O3. The number of aromatic nitrogens is 1. The summed E-state index contributed by atoms with van der Waals surface area (Å²) in [6.45, 7) is 0. The van der Waals surface area contributed by atoms with Crippen molar-refractivity contribution in [1.29, 1.82) is 0 Å². The van der Waals surface area contributed by atoms with Crippen LogP contribution >= 0.6 is 11.6 Å². The molecule has 0 atom stereocenters. The number of hydrogen-bond acceptors (Lipinski definition) is 3. The van der Waals surface area contributed by atoms with Gasteiger partial charge in [-0.3, -0.25) is 4.79 Å². The van der Waals surface area contributed by atoms with Gasteiger partial charge in [-0.1, -0.05) is 29.8 Å². The number of carboxylic acid groups (broad SMARTS) is 1. The van der Waals surface area contributed by atoms with Crippen molar-refractivity contribution in [2.24, 2.45) is 7.05 Å². The van der Waals surface area contributed by atoms with E-state index < -0.39 is 11.5 Å². The van der Waals surface area contributed by atoms with Crippen LogP contribution in [0.4, 0.5) is 5.69 Å². The lowest BCUT2D eigenvalue weighted by Gasteiger charge is -2.15. The van der Waals surface area contributed by atoms with Crippen molar-refractivity contribution in [3.8, 4) is 11.1 Å². The van der Waals surface area contributed by atoms with Crippen molar-refractivity contribution < 1.29 is 9.90 Å². The summed E-state index contributed by atoms with van der Waals surface area (Å²) in [7, 11) is 1.53. The van der Waals surface area contributed by atoms with E-state index in [0.29, 0.717) is 27.2 Å². The summed E-state index contributed by atoms with van der Waals surface area (Å²) in [5.74, 6) is -1.30. The number of anilines is 1. The van der Waals surface area contributed by atoms with Crippen LogP contribution in [0.15, 0.2) is 47.3 Å². The van der Waals surface area contributed by atoms with Crippen molar-refractivity contribution in [1.82, 2.24) is 4.57 Å². The molecule has 3 rings (SSSR count). The third kappa shape index (κ3) is 2.35. The minimum atomic E-state index is -1.30. The number of aryl methyl sites for hydroxylation is 1. The van der Waals surface area contributed by atoms with Crippen LogP contribution in [-0.4, -0.2) is 15.6 Å². The summed E-state index contributed by atoms with van der Waals surface area (Å²) in [5.41, 5.74) is 6.85. The van der Waals surface area contributed by atoms with Gasteiger partial charge < -0.3 is 15.4 Å². The van der Waals surface area contributed by atoms with Crippen molar-refractivity contribution in [3.63, 3.8) is 0 Å². The van der Waals surface area contributed by atoms with Gasteiger partial charge in [0.2, 0.25) is 0 Å². The fourth-order valence-electron chi connectivity index (χ4n) is 2.72. The molecular weight excluding hydrogens is 316 g/mol. The van der Waals surface area contributed by atoms with E-state index in [1.807, 2.05) is 0 Å². The van der Waals surface area contributed by atoms with Crippen LogP contribution in [0.25, 0.3) is 22.0 Å². The number of hydrogen-bond donors (Lipinski definition) is 2. The number of halogens is 1. The van der Waals surface area contributed by atoms with Crippen molar-refractivity contribution in [2.45, 2.75) is 0 Å². The van der Waals surface area contributed by atoms with Gasteiger partial charge in [-0.15, -0.1) is 0 Å². The first-order valence-corrected chi connectivity index (χ1v) is 7.20. The fourth-order valence-corrected chi connectivity index (χ4v) is 2.89. The number of nitrogens with two attached hydrogens (primary N) is 1. The van der Waals surface area contributed by atoms with Gasteiger partial charge in [-0.05, 0) is 24.3 Å². The van der Waals surface area contributed by atoms with E-state index in [1.165, 1.54) is 11.6 Å². The first kappa shape index (κ1) is 15.1. The topological polar surface area (TPSA) is 85.3 Å². The summed E-state index contributed by atoms with van der Waals surface area (Å²) >= 11 is 6.08. The van der Waals surface area contributed by atoms with Gasteiger partial charge in [-0.25, -0.2) is 4.79 Å². The van der Waals surface area contributed by atoms with Gasteiger partial charge in [-0.2, -0.15) is 0 Å². The number of rotatable bonds is 2. The molecule has 116 valence electrons. The van der Waals surface area contributed by atoms with Gasteiger partial charge in [0.15, 0.2) is 0 Å². The molecule has 0 unspecified atom stereocenters. The van der Waals surface area contributed by atoms with E-state index in [2.05, 4.69) is 0 Å². The number of fused-ring (bicyclic) bond motifs is 1. The summed E-state index contributed by atoms with van der Waals surface area (Å²) in [5, 5.41) is 10.6. The molecule has 0 aliphatic heterocycles. The average Bonchev–Trinajstić information content (AvgIpc) is 2.51. The second kappa shape index (κ2) is 5.44. The van der Waals surface area contributed by atoms with Crippen LogP contribution in [0.1, 0.15) is 10.4 Å². The zero-order valence-electron chi connectivity index (χ0n) is 12.2. The SMILES string of the molecule is Cn1c(=O)c(C(=O)O)c(-c2ccccc2N)c2cc(Cl)ccc21. The second-order valence-corrected chi connectivity index (χ2v) is 5.60. The Morgan fingerprint density at radius 1 is 1.22 bits per heavy atom. The first-order valence-electron chi connectivity index (χ1n) is 6.82. The molecule has 6 heteroatoms. The zero-order chi connectivity index (χ0) is 16.7. The number of benzene rings is 2. The van der Waals surface area contributed by atoms with E-state index in [0.717, 1.165) is 0 Å². The largest absolute Gasteiger partial charge is 0.477 e. The smallest absolute Gasteiger partial charge is 0.342 e. The molecule has 23 heavy (non-hydrogen) atoms. The molecule has 0 bridgehead atoms. The standard InChI is InChI=1S/C17H13ClN2O3/c1-20-13-7-6-9(18)8-11(13)14(15(16(20)21)17(22)23)10-4-2-3-5-12(10)19/h2-8H,19H2,1H3,(H,22,23). The molecule has 0 amide bonds. The Balaban J connectivity index is 2.62.